The van der Waals surface area contributed by atoms with Crippen LogP contribution in [0.4, 0.5) is 0 Å². The molecule has 6 heteroatoms. The van der Waals surface area contributed by atoms with E-state index < -0.39 is 0 Å². The minimum atomic E-state index is -0.379. The molecule has 0 aliphatic rings. The molecule has 0 amide bonds. The summed E-state index contributed by atoms with van der Waals surface area (Å²) in [5, 5.41) is 9.87. The Hall–Kier alpha value is -3.28. The Morgan fingerprint density at radius 3 is 1.65 bits per heavy atom. The van der Waals surface area contributed by atoms with Gasteiger partial charge in [-0.15, -0.1) is 0 Å². The van der Waals surface area contributed by atoms with E-state index in [1.807, 2.05) is 36.4 Å². The highest BCUT2D eigenvalue weighted by Gasteiger charge is 2.18. The van der Waals surface area contributed by atoms with Crippen LogP contribution in [0.1, 0.15) is 16.0 Å². The molecule has 2 heterocycles. The molecule has 0 aliphatic carbocycles. The molecule has 0 saturated carbocycles. The molecule has 0 fully saturated rings. The highest BCUT2D eigenvalue weighted by atomic mass is 16.2. The van der Waals surface area contributed by atoms with Crippen LogP contribution in [-0.4, -0.2) is 31.4 Å². The summed E-state index contributed by atoms with van der Waals surface area (Å²) in [6.07, 6.45) is 2.93. The topological polar surface area (TPSA) is 69.8 Å². The quantitative estimate of drug-likeness (QED) is 0.534. The summed E-state index contributed by atoms with van der Waals surface area (Å²) in [5.41, 5.74) is 1.38. The maximum Gasteiger partial charge on any atom is 0.256 e. The van der Waals surface area contributed by atoms with Crippen LogP contribution in [0.25, 0.3) is 21.8 Å². The van der Waals surface area contributed by atoms with E-state index in [1.165, 1.54) is 9.36 Å². The predicted molar refractivity (Wildman–Crippen MR) is 85.3 cm³/mol. The van der Waals surface area contributed by atoms with Gasteiger partial charge in [-0.2, -0.15) is 19.6 Å². The van der Waals surface area contributed by atoms with E-state index in [9.17, 15) is 9.59 Å². The van der Waals surface area contributed by atoms with Crippen molar-refractivity contribution in [2.45, 2.75) is 6.42 Å². The van der Waals surface area contributed by atoms with Crippen molar-refractivity contribution in [2.75, 3.05) is 0 Å². The van der Waals surface area contributed by atoms with Crippen molar-refractivity contribution in [3.63, 3.8) is 0 Å². The summed E-state index contributed by atoms with van der Waals surface area (Å²) in [6.45, 7) is 0. The third-order valence-electron chi connectivity index (χ3n) is 3.73. The fourth-order valence-electron chi connectivity index (χ4n) is 2.62. The second kappa shape index (κ2) is 5.17. The summed E-state index contributed by atoms with van der Waals surface area (Å²) in [5.74, 6) is -0.758. The molecule has 0 saturated heterocycles. The molecule has 0 aliphatic heterocycles. The van der Waals surface area contributed by atoms with Gasteiger partial charge in [-0.3, -0.25) is 9.59 Å². The Morgan fingerprint density at radius 1 is 0.739 bits per heavy atom. The first-order valence-electron chi connectivity index (χ1n) is 7.16. The number of fused-ring (bicyclic) bond motifs is 2. The van der Waals surface area contributed by atoms with Gasteiger partial charge in [0.15, 0.2) is 0 Å². The lowest BCUT2D eigenvalue weighted by Crippen LogP contribution is -2.21. The lowest BCUT2D eigenvalue weighted by molar-refractivity contribution is 0.0791. The molecule has 23 heavy (non-hydrogen) atoms. The number of hydrogen-bond acceptors (Lipinski definition) is 4. The molecule has 0 unspecified atom stereocenters. The molecule has 0 bridgehead atoms. The van der Waals surface area contributed by atoms with Gasteiger partial charge in [0.1, 0.15) is 6.42 Å². The third kappa shape index (κ3) is 2.20. The number of rotatable bonds is 2. The third-order valence-corrected chi connectivity index (χ3v) is 3.73. The van der Waals surface area contributed by atoms with Gasteiger partial charge < -0.3 is 0 Å². The van der Waals surface area contributed by atoms with Crippen LogP contribution in [0.15, 0.2) is 60.9 Å². The summed E-state index contributed by atoms with van der Waals surface area (Å²) in [4.78, 5) is 24.8. The fourth-order valence-corrected chi connectivity index (χ4v) is 2.62. The number of para-hydroxylation sites is 2. The van der Waals surface area contributed by atoms with Gasteiger partial charge in [-0.05, 0) is 12.1 Å². The zero-order chi connectivity index (χ0) is 15.8. The Bertz CT molecular complexity index is 961. The van der Waals surface area contributed by atoms with E-state index in [2.05, 4.69) is 10.2 Å². The average molecular weight is 304 g/mol. The molecule has 4 aromatic rings. The smallest absolute Gasteiger partial charge is 0.256 e. The molecule has 6 nitrogen and oxygen atoms in total. The molecule has 112 valence electrons. The van der Waals surface area contributed by atoms with Gasteiger partial charge in [0.05, 0.1) is 23.4 Å². The van der Waals surface area contributed by atoms with Crippen LogP contribution in [0.3, 0.4) is 0 Å². The van der Waals surface area contributed by atoms with Crippen molar-refractivity contribution < 1.29 is 9.59 Å². The molecule has 0 spiro atoms. The summed E-state index contributed by atoms with van der Waals surface area (Å²) in [6, 6.07) is 14.7. The van der Waals surface area contributed by atoms with Crippen molar-refractivity contribution in [3.05, 3.63) is 60.9 Å². The molecular weight excluding hydrogens is 292 g/mol. The Labute approximate surface area is 130 Å². The normalized spacial score (nSPS) is 11.1. The minimum Gasteiger partial charge on any atom is -0.272 e. The van der Waals surface area contributed by atoms with E-state index in [1.54, 1.807) is 24.5 Å². The van der Waals surface area contributed by atoms with E-state index in [4.69, 9.17) is 0 Å². The van der Waals surface area contributed by atoms with Gasteiger partial charge in [0.2, 0.25) is 0 Å². The first-order valence-corrected chi connectivity index (χ1v) is 7.16. The zero-order valence-electron chi connectivity index (χ0n) is 12.1. The van der Waals surface area contributed by atoms with Gasteiger partial charge in [0, 0.05) is 10.8 Å². The molecule has 2 aromatic heterocycles. The Balaban J connectivity index is 1.65. The van der Waals surface area contributed by atoms with Crippen molar-refractivity contribution in [3.8, 4) is 0 Å². The first kappa shape index (κ1) is 13.4. The molecule has 0 radical (unpaired) electrons. The van der Waals surface area contributed by atoms with E-state index in [-0.39, 0.29) is 18.2 Å². The number of aromatic nitrogens is 4. The van der Waals surface area contributed by atoms with Crippen LogP contribution < -0.4 is 0 Å². The lowest BCUT2D eigenvalue weighted by Gasteiger charge is -2.03. The average Bonchev–Trinajstić information content (AvgIpc) is 3.19. The molecule has 0 atom stereocenters. The Kier molecular flexibility index (Phi) is 3.01. The van der Waals surface area contributed by atoms with Crippen molar-refractivity contribution in [1.29, 1.82) is 0 Å². The maximum absolute atomic E-state index is 12.4. The largest absolute Gasteiger partial charge is 0.272 e. The Morgan fingerprint density at radius 2 is 1.17 bits per heavy atom. The number of benzene rings is 2. The number of nitrogens with zero attached hydrogens (tertiary/aromatic N) is 4. The van der Waals surface area contributed by atoms with E-state index >= 15 is 0 Å². The molecular formula is C17H12N4O2. The highest BCUT2D eigenvalue weighted by Crippen LogP contribution is 2.15. The van der Waals surface area contributed by atoms with Crippen LogP contribution in [-0.2, 0) is 0 Å². The number of hydrogen-bond donors (Lipinski definition) is 0. The second-order valence-electron chi connectivity index (χ2n) is 5.19. The monoisotopic (exact) mass is 304 g/mol. The maximum atomic E-state index is 12.4. The van der Waals surface area contributed by atoms with Gasteiger partial charge in [-0.1, -0.05) is 36.4 Å². The summed E-state index contributed by atoms with van der Waals surface area (Å²) >= 11 is 0. The van der Waals surface area contributed by atoms with E-state index in [0.717, 1.165) is 10.8 Å². The summed E-state index contributed by atoms with van der Waals surface area (Å²) < 4.78 is 2.53. The van der Waals surface area contributed by atoms with Crippen molar-refractivity contribution in [2.24, 2.45) is 0 Å². The van der Waals surface area contributed by atoms with E-state index in [0.29, 0.717) is 11.0 Å². The lowest BCUT2D eigenvalue weighted by atomic mass is 10.2. The van der Waals surface area contributed by atoms with Crippen LogP contribution in [0.2, 0.25) is 0 Å². The van der Waals surface area contributed by atoms with Gasteiger partial charge in [-0.25, -0.2) is 0 Å². The van der Waals surface area contributed by atoms with Crippen LogP contribution in [0, 0.1) is 0 Å². The predicted octanol–water partition coefficient (Wildman–Crippen LogP) is 2.76. The molecule has 2 aromatic carbocycles. The molecule has 0 N–H and O–H groups in total. The number of carbonyl (C=O) groups excluding carboxylic acids is 2. The SMILES string of the molecule is O=C(CC(=O)n1ncc2ccccc21)n1ncc2ccccc21. The second-order valence-corrected chi connectivity index (χ2v) is 5.19. The van der Waals surface area contributed by atoms with Gasteiger partial charge in [0.25, 0.3) is 11.8 Å². The van der Waals surface area contributed by atoms with Crippen molar-refractivity contribution in [1.82, 2.24) is 19.6 Å². The minimum absolute atomic E-state index is 0.294. The zero-order valence-corrected chi connectivity index (χ0v) is 12.1. The standard InChI is InChI=1S/C17H12N4O2/c22-16(20-14-7-3-1-5-12(14)10-18-20)9-17(23)21-15-8-4-2-6-13(15)11-19-21/h1-8,10-11H,9H2. The number of carbonyl (C=O) groups is 2. The van der Waals surface area contributed by atoms with Gasteiger partial charge >= 0.3 is 0 Å². The molecule has 4 rings (SSSR count). The van der Waals surface area contributed by atoms with Crippen LogP contribution in [0.5, 0.6) is 0 Å². The van der Waals surface area contributed by atoms with Crippen LogP contribution >= 0.6 is 0 Å². The van der Waals surface area contributed by atoms with Crippen molar-refractivity contribution >= 4 is 33.6 Å². The first-order chi connectivity index (χ1) is 11.2. The fraction of sp³-hybridized carbons (Fsp3) is 0.0588. The highest BCUT2D eigenvalue weighted by molar-refractivity contribution is 6.04. The summed E-state index contributed by atoms with van der Waals surface area (Å²) in [7, 11) is 0.